The van der Waals surface area contributed by atoms with Crippen molar-refractivity contribution in [1.29, 1.82) is 0 Å². The van der Waals surface area contributed by atoms with Crippen LogP contribution >= 0.6 is 0 Å². The number of hydrogen-bond donors (Lipinski definition) is 1. The molecule has 1 unspecified atom stereocenters. The van der Waals surface area contributed by atoms with Crippen LogP contribution in [0.5, 0.6) is 11.5 Å². The van der Waals surface area contributed by atoms with Crippen molar-refractivity contribution in [3.8, 4) is 11.5 Å². The second-order valence-electron chi connectivity index (χ2n) is 5.42. The summed E-state index contributed by atoms with van der Waals surface area (Å²) in [7, 11) is 3.31. The summed E-state index contributed by atoms with van der Waals surface area (Å²) < 4.78 is 10.6. The minimum Gasteiger partial charge on any atom is -0.493 e. The van der Waals surface area contributed by atoms with Gasteiger partial charge >= 0.3 is 0 Å². The summed E-state index contributed by atoms with van der Waals surface area (Å²) in [6.07, 6.45) is 6.58. The molecule has 22 heavy (non-hydrogen) atoms. The highest BCUT2D eigenvalue weighted by atomic mass is 16.5. The molecule has 1 aliphatic heterocycles. The van der Waals surface area contributed by atoms with Crippen molar-refractivity contribution in [2.24, 2.45) is 0 Å². The van der Waals surface area contributed by atoms with Gasteiger partial charge in [0.05, 0.1) is 14.2 Å². The van der Waals surface area contributed by atoms with Gasteiger partial charge in [0.25, 0.3) is 0 Å². The summed E-state index contributed by atoms with van der Waals surface area (Å²) in [4.78, 5) is 0. The maximum Gasteiger partial charge on any atom is 0.161 e. The van der Waals surface area contributed by atoms with Crippen molar-refractivity contribution in [3.05, 3.63) is 59.7 Å². The van der Waals surface area contributed by atoms with E-state index in [0.717, 1.165) is 29.9 Å². The Morgan fingerprint density at radius 1 is 1.05 bits per heavy atom. The molecule has 0 radical (unpaired) electrons. The molecule has 0 spiro atoms. The van der Waals surface area contributed by atoms with Gasteiger partial charge < -0.3 is 14.8 Å². The molecule has 0 saturated heterocycles. The molecule has 1 N–H and O–H groups in total. The molecule has 0 fully saturated rings. The van der Waals surface area contributed by atoms with Crippen LogP contribution in [-0.2, 0) is 6.42 Å². The van der Waals surface area contributed by atoms with Crippen molar-refractivity contribution < 1.29 is 9.47 Å². The highest BCUT2D eigenvalue weighted by molar-refractivity contribution is 5.59. The predicted octanol–water partition coefficient (Wildman–Crippen LogP) is 4.14. The number of nitrogens with one attached hydrogen (secondary N) is 1. The van der Waals surface area contributed by atoms with E-state index in [1.807, 2.05) is 18.2 Å². The zero-order chi connectivity index (χ0) is 15.4. The van der Waals surface area contributed by atoms with Crippen LogP contribution in [0.25, 0.3) is 6.08 Å². The predicted molar refractivity (Wildman–Crippen MR) is 90.8 cm³/mol. The van der Waals surface area contributed by atoms with E-state index in [1.165, 1.54) is 11.3 Å². The fourth-order valence-electron chi connectivity index (χ4n) is 2.79. The molecule has 3 rings (SSSR count). The van der Waals surface area contributed by atoms with Crippen LogP contribution in [-0.4, -0.2) is 20.3 Å². The van der Waals surface area contributed by atoms with E-state index in [2.05, 4.69) is 41.7 Å². The van der Waals surface area contributed by atoms with Gasteiger partial charge in [-0.05, 0) is 42.2 Å². The summed E-state index contributed by atoms with van der Waals surface area (Å²) in [5.41, 5.74) is 3.76. The molecule has 1 heterocycles. The van der Waals surface area contributed by atoms with Gasteiger partial charge in [-0.2, -0.15) is 0 Å². The van der Waals surface area contributed by atoms with E-state index in [1.54, 1.807) is 14.2 Å². The van der Waals surface area contributed by atoms with Gasteiger partial charge in [0.15, 0.2) is 11.5 Å². The van der Waals surface area contributed by atoms with E-state index >= 15 is 0 Å². The van der Waals surface area contributed by atoms with Crippen LogP contribution < -0.4 is 14.8 Å². The van der Waals surface area contributed by atoms with Gasteiger partial charge in [-0.3, -0.25) is 0 Å². The number of aryl methyl sites for hydroxylation is 1. The summed E-state index contributed by atoms with van der Waals surface area (Å²) >= 11 is 0. The van der Waals surface area contributed by atoms with Crippen LogP contribution in [0.4, 0.5) is 5.69 Å². The second-order valence-corrected chi connectivity index (χ2v) is 5.42. The van der Waals surface area contributed by atoms with E-state index in [4.69, 9.17) is 9.47 Å². The van der Waals surface area contributed by atoms with Crippen LogP contribution in [0.15, 0.2) is 48.5 Å². The van der Waals surface area contributed by atoms with Crippen molar-refractivity contribution in [2.75, 3.05) is 19.5 Å². The second kappa shape index (κ2) is 6.56. The Hall–Kier alpha value is -2.42. The lowest BCUT2D eigenvalue weighted by atomic mass is 9.97. The third-order valence-corrected chi connectivity index (χ3v) is 4.01. The zero-order valence-corrected chi connectivity index (χ0v) is 13.0. The highest BCUT2D eigenvalue weighted by Crippen LogP contribution is 2.29. The first-order chi connectivity index (χ1) is 10.8. The average Bonchev–Trinajstić information content (AvgIpc) is 2.59. The van der Waals surface area contributed by atoms with Crippen molar-refractivity contribution in [3.63, 3.8) is 0 Å². The number of hydrogen-bond acceptors (Lipinski definition) is 3. The minimum atomic E-state index is 0.364. The molecule has 0 saturated carbocycles. The van der Waals surface area contributed by atoms with E-state index in [0.29, 0.717) is 6.04 Å². The Labute approximate surface area is 131 Å². The maximum absolute atomic E-state index is 5.34. The minimum absolute atomic E-state index is 0.364. The molecular formula is C19H21NO2. The molecule has 114 valence electrons. The smallest absolute Gasteiger partial charge is 0.161 e. The summed E-state index contributed by atoms with van der Waals surface area (Å²) in [5, 5.41) is 3.58. The van der Waals surface area contributed by atoms with Crippen molar-refractivity contribution in [1.82, 2.24) is 0 Å². The molecule has 0 amide bonds. The Morgan fingerprint density at radius 3 is 2.68 bits per heavy atom. The van der Waals surface area contributed by atoms with Gasteiger partial charge in [-0.15, -0.1) is 0 Å². The lowest BCUT2D eigenvalue weighted by Gasteiger charge is -2.24. The maximum atomic E-state index is 5.34. The monoisotopic (exact) mass is 295 g/mol. The third-order valence-electron chi connectivity index (χ3n) is 4.01. The first-order valence-corrected chi connectivity index (χ1v) is 7.55. The average molecular weight is 295 g/mol. The van der Waals surface area contributed by atoms with Gasteiger partial charge in [-0.1, -0.05) is 36.4 Å². The third kappa shape index (κ3) is 3.08. The first-order valence-electron chi connectivity index (χ1n) is 7.55. The van der Waals surface area contributed by atoms with E-state index in [9.17, 15) is 0 Å². The lowest BCUT2D eigenvalue weighted by Crippen LogP contribution is -2.22. The van der Waals surface area contributed by atoms with Crippen LogP contribution in [0.1, 0.15) is 17.5 Å². The number of fused-ring (bicyclic) bond motifs is 1. The summed E-state index contributed by atoms with van der Waals surface area (Å²) in [6, 6.07) is 14.8. The van der Waals surface area contributed by atoms with Gasteiger partial charge in [0.1, 0.15) is 0 Å². The van der Waals surface area contributed by atoms with Crippen LogP contribution in [0.3, 0.4) is 0 Å². The number of ether oxygens (including phenoxy) is 2. The molecule has 2 aromatic carbocycles. The zero-order valence-electron chi connectivity index (χ0n) is 13.0. The molecule has 1 aliphatic rings. The molecule has 3 nitrogen and oxygen atoms in total. The van der Waals surface area contributed by atoms with Crippen molar-refractivity contribution in [2.45, 2.75) is 18.9 Å². The van der Waals surface area contributed by atoms with Gasteiger partial charge in [0.2, 0.25) is 0 Å². The van der Waals surface area contributed by atoms with Crippen LogP contribution in [0.2, 0.25) is 0 Å². The summed E-state index contributed by atoms with van der Waals surface area (Å²) in [5.74, 6) is 1.51. The Morgan fingerprint density at radius 2 is 1.86 bits per heavy atom. The summed E-state index contributed by atoms with van der Waals surface area (Å²) in [6.45, 7) is 0. The molecule has 0 aromatic heterocycles. The molecule has 0 bridgehead atoms. The van der Waals surface area contributed by atoms with Crippen molar-refractivity contribution >= 4 is 11.8 Å². The molecule has 2 aromatic rings. The van der Waals surface area contributed by atoms with Gasteiger partial charge in [-0.25, -0.2) is 0 Å². The quantitative estimate of drug-likeness (QED) is 0.919. The Kier molecular flexibility index (Phi) is 4.33. The lowest BCUT2D eigenvalue weighted by molar-refractivity contribution is 0.355. The SMILES string of the molecule is COc1ccc(C=CC2CCc3ccccc3N2)cc1OC. The topological polar surface area (TPSA) is 30.5 Å². The fourth-order valence-corrected chi connectivity index (χ4v) is 2.79. The number of benzene rings is 2. The Balaban J connectivity index is 1.72. The number of para-hydroxylation sites is 1. The highest BCUT2D eigenvalue weighted by Gasteiger charge is 2.14. The molecule has 1 atom stereocenters. The number of rotatable bonds is 4. The molecule has 0 aliphatic carbocycles. The largest absolute Gasteiger partial charge is 0.493 e. The molecule has 3 heteroatoms. The Bertz CT molecular complexity index is 679. The first kappa shape index (κ1) is 14.5. The normalized spacial score (nSPS) is 16.9. The van der Waals surface area contributed by atoms with E-state index in [-0.39, 0.29) is 0 Å². The fraction of sp³-hybridized carbons (Fsp3) is 0.263. The number of methoxy groups -OCH3 is 2. The molecular weight excluding hydrogens is 274 g/mol. The van der Waals surface area contributed by atoms with Gasteiger partial charge in [0, 0.05) is 11.7 Å². The number of anilines is 1. The standard InChI is InChI=1S/C19H21NO2/c1-21-18-12-8-14(13-19(18)22-2)7-10-16-11-9-15-5-3-4-6-17(15)20-16/h3-8,10,12-13,16,20H,9,11H2,1-2H3. The van der Waals surface area contributed by atoms with E-state index < -0.39 is 0 Å². The van der Waals surface area contributed by atoms with Crippen LogP contribution in [0, 0.1) is 0 Å².